The minimum Gasteiger partial charge on any atom is -0.351 e. The Bertz CT molecular complexity index is 521. The second-order valence-electron chi connectivity index (χ2n) is 4.54. The Kier molecular flexibility index (Phi) is 3.40. The summed E-state index contributed by atoms with van der Waals surface area (Å²) in [6.07, 6.45) is 5.14. The van der Waals surface area contributed by atoms with Gasteiger partial charge in [0.15, 0.2) is 11.5 Å². The van der Waals surface area contributed by atoms with Gasteiger partial charge in [-0.3, -0.25) is 0 Å². The number of hydrogen-bond acceptors (Lipinski definition) is 5. The van der Waals surface area contributed by atoms with E-state index in [9.17, 15) is 0 Å². The van der Waals surface area contributed by atoms with E-state index in [1.54, 1.807) is 0 Å². The molecule has 0 atom stereocenters. The number of hydrogen-bond donors (Lipinski definition) is 0. The molecule has 0 bridgehead atoms. The van der Waals surface area contributed by atoms with E-state index in [2.05, 4.69) is 41.5 Å². The van der Waals surface area contributed by atoms with Crippen molar-refractivity contribution < 1.29 is 0 Å². The number of halogens is 1. The van der Waals surface area contributed by atoms with Gasteiger partial charge in [-0.2, -0.15) is 0 Å². The molecule has 3 rings (SSSR count). The summed E-state index contributed by atoms with van der Waals surface area (Å²) in [5.41, 5.74) is 0.684. The van der Waals surface area contributed by atoms with Gasteiger partial charge in [0.05, 0.1) is 0 Å². The second kappa shape index (κ2) is 5.17. The van der Waals surface area contributed by atoms with Crippen molar-refractivity contribution in [3.8, 4) is 0 Å². The maximum atomic E-state index is 4.48. The average molecular weight is 311 g/mol. The molecular weight excluding hydrogens is 296 g/mol. The van der Waals surface area contributed by atoms with Crippen molar-refractivity contribution in [3.05, 3.63) is 12.1 Å². The van der Waals surface area contributed by atoms with Gasteiger partial charge < -0.3 is 4.90 Å². The van der Waals surface area contributed by atoms with Gasteiger partial charge >= 0.3 is 0 Å². The Hall–Kier alpha value is -1.24. The lowest BCUT2D eigenvalue weighted by atomic mass is 10.2. The fraction of sp³-hybridized carbons (Fsp3) is 0.636. The molecule has 1 aliphatic carbocycles. The van der Waals surface area contributed by atoms with Crippen molar-refractivity contribution >= 4 is 27.4 Å². The van der Waals surface area contributed by atoms with Crippen molar-refractivity contribution in [1.29, 1.82) is 0 Å². The third-order valence-corrected chi connectivity index (χ3v) is 3.80. The molecule has 0 saturated heterocycles. The fourth-order valence-electron chi connectivity index (χ4n) is 2.58. The summed E-state index contributed by atoms with van der Waals surface area (Å²) in [6, 6.07) is 4.52. The molecule has 7 heteroatoms. The second-order valence-corrected chi connectivity index (χ2v) is 5.33. The minimum atomic E-state index is 0.601. The quantitative estimate of drug-likeness (QED) is 0.804. The van der Waals surface area contributed by atoms with Gasteiger partial charge in [0.1, 0.15) is 0 Å². The van der Waals surface area contributed by atoms with Gasteiger partial charge in [-0.1, -0.05) is 28.8 Å². The highest BCUT2D eigenvalue weighted by atomic mass is 79.9. The molecule has 1 fully saturated rings. The molecule has 0 N–H and O–H groups in total. The maximum Gasteiger partial charge on any atom is 0.200 e. The van der Waals surface area contributed by atoms with Crippen LogP contribution in [0.3, 0.4) is 0 Å². The van der Waals surface area contributed by atoms with Gasteiger partial charge in [0.2, 0.25) is 0 Å². The van der Waals surface area contributed by atoms with Crippen LogP contribution in [0.5, 0.6) is 0 Å². The van der Waals surface area contributed by atoms with Crippen LogP contribution in [0.1, 0.15) is 25.7 Å². The highest BCUT2D eigenvalue weighted by molar-refractivity contribution is 9.09. The lowest BCUT2D eigenvalue weighted by Crippen LogP contribution is -2.35. The first kappa shape index (κ1) is 11.8. The van der Waals surface area contributed by atoms with E-state index in [4.69, 9.17) is 0 Å². The van der Waals surface area contributed by atoms with Crippen LogP contribution < -0.4 is 4.90 Å². The van der Waals surface area contributed by atoms with Crippen molar-refractivity contribution in [2.24, 2.45) is 0 Å². The van der Waals surface area contributed by atoms with Crippen molar-refractivity contribution in [3.63, 3.8) is 0 Å². The molecule has 1 aliphatic rings. The molecule has 2 aromatic heterocycles. The zero-order valence-corrected chi connectivity index (χ0v) is 11.6. The summed E-state index contributed by atoms with van der Waals surface area (Å²) in [5, 5.41) is 16.8. The molecule has 2 aromatic rings. The summed E-state index contributed by atoms with van der Waals surface area (Å²) < 4.78 is 1.49. The number of alkyl halides is 1. The van der Waals surface area contributed by atoms with Gasteiger partial charge in [0, 0.05) is 17.9 Å². The van der Waals surface area contributed by atoms with E-state index in [1.165, 1.54) is 30.3 Å². The van der Waals surface area contributed by atoms with Crippen LogP contribution in [0.4, 0.5) is 5.82 Å². The van der Waals surface area contributed by atoms with Crippen molar-refractivity contribution in [1.82, 2.24) is 25.3 Å². The summed E-state index contributed by atoms with van der Waals surface area (Å²) in [7, 11) is 0. The van der Waals surface area contributed by atoms with Gasteiger partial charge in [-0.15, -0.1) is 14.8 Å². The predicted molar refractivity (Wildman–Crippen MR) is 72.0 cm³/mol. The van der Waals surface area contributed by atoms with E-state index >= 15 is 0 Å². The Morgan fingerprint density at radius 2 is 2.17 bits per heavy atom. The van der Waals surface area contributed by atoms with Crippen molar-refractivity contribution in [2.45, 2.75) is 31.7 Å². The molecule has 18 heavy (non-hydrogen) atoms. The lowest BCUT2D eigenvalue weighted by Gasteiger charge is -2.29. The molecule has 6 nitrogen and oxygen atoms in total. The molecule has 0 unspecified atom stereocenters. The topological polar surface area (TPSA) is 59.2 Å². The van der Waals surface area contributed by atoms with Crippen LogP contribution in [0.2, 0.25) is 0 Å². The summed E-state index contributed by atoms with van der Waals surface area (Å²) in [5.74, 6) is 0.959. The van der Waals surface area contributed by atoms with E-state index in [0.717, 1.165) is 17.7 Å². The highest BCUT2D eigenvalue weighted by Crippen LogP contribution is 2.27. The molecule has 0 aromatic carbocycles. The Morgan fingerprint density at radius 1 is 1.33 bits per heavy atom. The smallest absolute Gasteiger partial charge is 0.200 e. The molecular formula is C11H15BrN6. The largest absolute Gasteiger partial charge is 0.351 e. The molecule has 2 heterocycles. The summed E-state index contributed by atoms with van der Waals surface area (Å²) >= 11 is 3.52. The van der Waals surface area contributed by atoms with Crippen LogP contribution in [0.15, 0.2) is 12.1 Å². The first-order chi connectivity index (χ1) is 8.88. The molecule has 96 valence electrons. The fourth-order valence-corrected chi connectivity index (χ4v) is 2.97. The van der Waals surface area contributed by atoms with Crippen LogP contribution >= 0.6 is 15.9 Å². The average Bonchev–Trinajstić information content (AvgIpc) is 3.05. The number of anilines is 1. The van der Waals surface area contributed by atoms with E-state index in [1.807, 2.05) is 12.1 Å². The van der Waals surface area contributed by atoms with Crippen molar-refractivity contribution in [2.75, 3.05) is 16.8 Å². The van der Waals surface area contributed by atoms with Crippen LogP contribution in [0.25, 0.3) is 5.65 Å². The molecule has 0 aliphatic heterocycles. The Balaban J connectivity index is 1.92. The minimum absolute atomic E-state index is 0.601. The van der Waals surface area contributed by atoms with E-state index in [0.29, 0.717) is 11.7 Å². The maximum absolute atomic E-state index is 4.48. The molecule has 0 amide bonds. The summed E-state index contributed by atoms with van der Waals surface area (Å²) in [4.78, 5) is 2.36. The zero-order chi connectivity index (χ0) is 12.4. The monoisotopic (exact) mass is 310 g/mol. The predicted octanol–water partition coefficient (Wildman–Crippen LogP) is 1.66. The zero-order valence-electron chi connectivity index (χ0n) is 10.0. The molecule has 1 saturated carbocycles. The number of rotatable bonds is 4. The first-order valence-corrected chi connectivity index (χ1v) is 7.38. The van der Waals surface area contributed by atoms with Gasteiger partial charge in [0.25, 0.3) is 0 Å². The summed E-state index contributed by atoms with van der Waals surface area (Å²) in [6.45, 7) is 0.964. The Morgan fingerprint density at radius 3 is 2.94 bits per heavy atom. The number of aromatic nitrogens is 5. The number of tetrazole rings is 1. The Labute approximate surface area is 113 Å². The number of nitrogens with zero attached hydrogens (tertiary/aromatic N) is 6. The third kappa shape index (κ3) is 2.19. The molecule has 0 spiro atoms. The standard InChI is InChI=1S/C11H15BrN6/c12-7-8-17(9-3-1-2-4-9)11-6-5-10-13-15-16-18(10)14-11/h5-6,9H,1-4,7-8H2. The van der Waals surface area contributed by atoms with E-state index in [-0.39, 0.29) is 0 Å². The lowest BCUT2D eigenvalue weighted by molar-refractivity contribution is 0.603. The van der Waals surface area contributed by atoms with Crippen LogP contribution in [-0.2, 0) is 0 Å². The third-order valence-electron chi connectivity index (χ3n) is 3.44. The first-order valence-electron chi connectivity index (χ1n) is 6.26. The van der Waals surface area contributed by atoms with Crippen LogP contribution in [0, 0.1) is 0 Å². The molecule has 0 radical (unpaired) electrons. The van der Waals surface area contributed by atoms with E-state index < -0.39 is 0 Å². The SMILES string of the molecule is BrCCN(c1ccc2nnnn2n1)C1CCCC1. The highest BCUT2D eigenvalue weighted by Gasteiger charge is 2.23. The van der Waals surface area contributed by atoms with Crippen LogP contribution in [-0.4, -0.2) is 43.2 Å². The van der Waals surface area contributed by atoms with Gasteiger partial charge in [-0.25, -0.2) is 0 Å². The number of fused-ring (bicyclic) bond motifs is 1. The van der Waals surface area contributed by atoms with Gasteiger partial charge in [-0.05, 0) is 35.4 Å². The normalized spacial score (nSPS) is 16.5.